The maximum absolute atomic E-state index is 12.7. The van der Waals surface area contributed by atoms with Gasteiger partial charge in [-0.3, -0.25) is 19.3 Å². The van der Waals surface area contributed by atoms with Crippen LogP contribution in [0.5, 0.6) is 0 Å². The quantitative estimate of drug-likeness (QED) is 0.582. The fourth-order valence-corrected chi connectivity index (χ4v) is 2.18. The molecule has 1 atom stereocenters. The smallest absolute Gasteiger partial charge is 0.264 e. The Morgan fingerprint density at radius 2 is 2.15 bits per heavy atom. The van der Waals surface area contributed by atoms with Crippen molar-refractivity contribution in [1.29, 1.82) is 0 Å². The van der Waals surface area contributed by atoms with Crippen LogP contribution in [0.3, 0.4) is 0 Å². The number of nitrogens with one attached hydrogen (secondary N) is 1. The minimum atomic E-state index is -2.27. The van der Waals surface area contributed by atoms with E-state index in [-0.39, 0.29) is 12.1 Å². The minimum Gasteiger partial charge on any atom is -0.398 e. The van der Waals surface area contributed by atoms with E-state index in [1.165, 1.54) is 0 Å². The molecule has 2 heterocycles. The molecule has 6 nitrogen and oxygen atoms in total. The van der Waals surface area contributed by atoms with E-state index in [1.54, 1.807) is 0 Å². The van der Waals surface area contributed by atoms with Crippen LogP contribution in [0.25, 0.3) is 0 Å². The molecule has 6 heteroatoms. The normalized spacial score (nSPS) is 28.1. The maximum Gasteiger partial charge on any atom is 0.264 e. The van der Waals surface area contributed by atoms with Gasteiger partial charge in [-0.25, -0.2) is 0 Å². The molecule has 1 aromatic carbocycles. The fraction of sp³-hybridized carbons (Fsp3) is 0.214. The standard InChI is InChI=1S/C14H13N3O3/c1-7-5-6-10(12(18)16-7)17-13(19)8-3-2-4-9(15)11(8)14(17)20/h2-4,10H,1,5-6,15H2,(H,16,18)/i2D,3D,4D,6D2. The lowest BCUT2D eigenvalue weighted by Gasteiger charge is -2.29. The van der Waals surface area contributed by atoms with Gasteiger partial charge in [0.15, 0.2) is 0 Å². The highest BCUT2D eigenvalue weighted by Crippen LogP contribution is 2.31. The Kier molecular flexibility index (Phi) is 1.64. The number of carbonyl (C=O) groups excluding carboxylic acids is 3. The summed E-state index contributed by atoms with van der Waals surface area (Å²) in [5.41, 5.74) is 4.41. The van der Waals surface area contributed by atoms with E-state index in [9.17, 15) is 14.4 Å². The summed E-state index contributed by atoms with van der Waals surface area (Å²) in [7, 11) is 0. The number of anilines is 1. The molecular weight excluding hydrogens is 258 g/mol. The summed E-state index contributed by atoms with van der Waals surface area (Å²) in [5, 5.41) is 2.31. The van der Waals surface area contributed by atoms with Crippen LogP contribution in [0.15, 0.2) is 30.4 Å². The largest absolute Gasteiger partial charge is 0.398 e. The average molecular weight is 276 g/mol. The SMILES string of the molecule is [2H]c1c([2H])c(N)c2c(c1[2H])C(=O)N(C1C(=O)NC(=C)CC1([2H])[2H])C2=O. The molecule has 1 fully saturated rings. The van der Waals surface area contributed by atoms with Gasteiger partial charge in [0.25, 0.3) is 11.8 Å². The number of fused-ring (bicyclic) bond motifs is 1. The van der Waals surface area contributed by atoms with Crippen molar-refractivity contribution in [3.05, 3.63) is 41.5 Å². The zero-order valence-electron chi connectivity index (χ0n) is 15.2. The molecule has 1 unspecified atom stereocenters. The summed E-state index contributed by atoms with van der Waals surface area (Å²) in [6.07, 6.45) is -2.56. The summed E-state index contributed by atoms with van der Waals surface area (Å²) in [4.78, 5) is 38.0. The van der Waals surface area contributed by atoms with Gasteiger partial charge >= 0.3 is 0 Å². The topological polar surface area (TPSA) is 92.5 Å². The lowest BCUT2D eigenvalue weighted by Crippen LogP contribution is -2.51. The van der Waals surface area contributed by atoms with Crippen LogP contribution in [0.1, 0.15) is 40.4 Å². The Labute approximate surface area is 122 Å². The molecule has 0 aliphatic carbocycles. The molecule has 0 saturated carbocycles. The predicted molar refractivity (Wildman–Crippen MR) is 71.7 cm³/mol. The number of nitrogens with two attached hydrogens (primary N) is 1. The number of piperidine rings is 1. The lowest BCUT2D eigenvalue weighted by atomic mass is 10.0. The second-order valence-electron chi connectivity index (χ2n) is 4.40. The third-order valence-electron chi connectivity index (χ3n) is 3.08. The van der Waals surface area contributed by atoms with Crippen molar-refractivity contribution in [2.24, 2.45) is 0 Å². The number of nitrogens with zero attached hydrogens (tertiary/aromatic N) is 1. The fourth-order valence-electron chi connectivity index (χ4n) is 2.18. The van der Waals surface area contributed by atoms with Crippen LogP contribution in [0, 0.1) is 0 Å². The first-order valence-corrected chi connectivity index (χ1v) is 5.74. The van der Waals surface area contributed by atoms with E-state index in [0.717, 1.165) is 0 Å². The van der Waals surface area contributed by atoms with E-state index in [0.29, 0.717) is 4.90 Å². The van der Waals surface area contributed by atoms with E-state index in [2.05, 4.69) is 11.9 Å². The first-order valence-electron chi connectivity index (χ1n) is 8.24. The molecular formula is C14H13N3O3. The molecule has 0 aromatic heterocycles. The highest BCUT2D eigenvalue weighted by Gasteiger charge is 2.44. The third kappa shape index (κ3) is 1.61. The number of hydrogen-bond donors (Lipinski definition) is 2. The first kappa shape index (κ1) is 7.84. The summed E-state index contributed by atoms with van der Waals surface area (Å²) in [6.45, 7) is 3.49. The summed E-state index contributed by atoms with van der Waals surface area (Å²) < 4.78 is 39.3. The number of nitrogen functional groups attached to an aromatic ring is 1. The second-order valence-corrected chi connectivity index (χ2v) is 4.40. The van der Waals surface area contributed by atoms with E-state index < -0.39 is 65.1 Å². The number of imide groups is 1. The molecule has 0 spiro atoms. The molecule has 102 valence electrons. The van der Waals surface area contributed by atoms with Crippen molar-refractivity contribution in [1.82, 2.24) is 10.2 Å². The van der Waals surface area contributed by atoms with Crippen LogP contribution in [0.2, 0.25) is 0 Å². The number of carbonyl (C=O) groups is 3. The Hall–Kier alpha value is -2.63. The molecule has 3 N–H and O–H groups in total. The van der Waals surface area contributed by atoms with Gasteiger partial charge in [0, 0.05) is 14.1 Å². The molecule has 20 heavy (non-hydrogen) atoms. The third-order valence-corrected chi connectivity index (χ3v) is 3.08. The van der Waals surface area contributed by atoms with Gasteiger partial charge in [0.2, 0.25) is 5.91 Å². The first-order chi connectivity index (χ1) is 11.5. The highest BCUT2D eigenvalue weighted by molar-refractivity contribution is 6.25. The number of amides is 3. The molecule has 1 saturated heterocycles. The number of hydrogen-bond acceptors (Lipinski definition) is 4. The van der Waals surface area contributed by atoms with Gasteiger partial charge in [-0.15, -0.1) is 0 Å². The van der Waals surface area contributed by atoms with Gasteiger partial charge in [-0.1, -0.05) is 12.6 Å². The van der Waals surface area contributed by atoms with Crippen LogP contribution in [-0.4, -0.2) is 28.7 Å². The second kappa shape index (κ2) is 4.19. The Morgan fingerprint density at radius 1 is 1.40 bits per heavy atom. The molecule has 0 bridgehead atoms. The van der Waals surface area contributed by atoms with Gasteiger partial charge in [-0.2, -0.15) is 0 Å². The Morgan fingerprint density at radius 3 is 2.85 bits per heavy atom. The molecule has 2 aliphatic rings. The van der Waals surface area contributed by atoms with Gasteiger partial charge in [-0.05, 0) is 24.9 Å². The zero-order chi connectivity index (χ0) is 18.8. The van der Waals surface area contributed by atoms with Gasteiger partial charge in [0.1, 0.15) is 6.04 Å². The molecule has 0 radical (unpaired) electrons. The summed E-state index contributed by atoms with van der Waals surface area (Å²) in [6, 6.07) is -3.62. The predicted octanol–water partition coefficient (Wildman–Crippen LogP) is 0.657. The van der Waals surface area contributed by atoms with E-state index in [1.807, 2.05) is 0 Å². The maximum atomic E-state index is 12.7. The van der Waals surface area contributed by atoms with Crippen LogP contribution in [0.4, 0.5) is 5.69 Å². The van der Waals surface area contributed by atoms with Crippen molar-refractivity contribution >= 4 is 23.4 Å². The number of allylic oxidation sites excluding steroid dienone is 1. The van der Waals surface area contributed by atoms with Gasteiger partial charge < -0.3 is 11.1 Å². The van der Waals surface area contributed by atoms with Crippen LogP contribution < -0.4 is 11.1 Å². The van der Waals surface area contributed by atoms with Gasteiger partial charge in [0.05, 0.1) is 15.2 Å². The molecule has 3 amide bonds. The average Bonchev–Trinajstić information content (AvgIpc) is 2.74. The number of rotatable bonds is 1. The van der Waals surface area contributed by atoms with Crippen molar-refractivity contribution < 1.29 is 21.2 Å². The van der Waals surface area contributed by atoms with Crippen LogP contribution in [-0.2, 0) is 4.79 Å². The monoisotopic (exact) mass is 276 g/mol. The van der Waals surface area contributed by atoms with Crippen LogP contribution >= 0.6 is 0 Å². The van der Waals surface area contributed by atoms with Crippen molar-refractivity contribution in [2.45, 2.75) is 18.8 Å². The Balaban J connectivity index is 2.19. The molecule has 2 aliphatic heterocycles. The number of benzene rings is 1. The van der Waals surface area contributed by atoms with Crippen molar-refractivity contribution in [2.75, 3.05) is 5.73 Å². The van der Waals surface area contributed by atoms with Crippen molar-refractivity contribution in [3.8, 4) is 0 Å². The minimum absolute atomic E-state index is 0.116. The summed E-state index contributed by atoms with van der Waals surface area (Å²) in [5.74, 6) is -3.06. The molecule has 1 aromatic rings. The van der Waals surface area contributed by atoms with E-state index >= 15 is 0 Å². The Bertz CT molecular complexity index is 836. The highest BCUT2D eigenvalue weighted by atomic mass is 16.2. The van der Waals surface area contributed by atoms with E-state index in [4.69, 9.17) is 12.6 Å². The molecule has 3 rings (SSSR count). The zero-order valence-corrected chi connectivity index (χ0v) is 10.2. The van der Waals surface area contributed by atoms with Crippen molar-refractivity contribution in [3.63, 3.8) is 0 Å². The summed E-state index contributed by atoms with van der Waals surface area (Å²) >= 11 is 0. The lowest BCUT2D eigenvalue weighted by molar-refractivity contribution is -0.125.